The molecule has 0 spiro atoms. The van der Waals surface area contributed by atoms with Gasteiger partial charge < -0.3 is 18.9 Å². The molecule has 0 atom stereocenters. The number of carbonyl (C=O) groups excluding carboxylic acids is 3. The van der Waals surface area contributed by atoms with Gasteiger partial charge in [-0.1, -0.05) is 12.1 Å². The molecule has 7 nitrogen and oxygen atoms in total. The van der Waals surface area contributed by atoms with E-state index >= 15 is 0 Å². The molecule has 1 saturated heterocycles. The van der Waals surface area contributed by atoms with Gasteiger partial charge in [-0.25, -0.2) is 14.4 Å². The molecule has 1 fully saturated rings. The molecular weight excluding hydrogens is 364 g/mol. The Labute approximate surface area is 161 Å². The molecule has 144 valence electrons. The van der Waals surface area contributed by atoms with Gasteiger partial charge >= 0.3 is 17.9 Å². The first-order chi connectivity index (χ1) is 13.3. The molecule has 2 aromatic rings. The molecule has 1 heterocycles. The van der Waals surface area contributed by atoms with E-state index in [4.69, 9.17) is 18.9 Å². The number of cyclic esters (lactones) is 2. The average molecular weight is 382 g/mol. The second kappa shape index (κ2) is 7.56. The van der Waals surface area contributed by atoms with Crippen molar-refractivity contribution in [1.82, 2.24) is 0 Å². The van der Waals surface area contributed by atoms with Crippen molar-refractivity contribution >= 4 is 24.0 Å². The van der Waals surface area contributed by atoms with Crippen molar-refractivity contribution in [2.45, 2.75) is 19.6 Å². The van der Waals surface area contributed by atoms with E-state index in [1.165, 1.54) is 27.0 Å². The molecule has 0 aromatic heterocycles. The second-order valence-corrected chi connectivity index (χ2v) is 6.42. The summed E-state index contributed by atoms with van der Waals surface area (Å²) >= 11 is 0. The Bertz CT molecular complexity index is 916. The largest absolute Gasteiger partial charge is 0.497 e. The van der Waals surface area contributed by atoms with Crippen molar-refractivity contribution in [2.75, 3.05) is 7.11 Å². The summed E-state index contributed by atoms with van der Waals surface area (Å²) in [4.78, 5) is 36.1. The van der Waals surface area contributed by atoms with E-state index in [-0.39, 0.29) is 5.57 Å². The van der Waals surface area contributed by atoms with E-state index < -0.39 is 23.7 Å². The zero-order chi connectivity index (χ0) is 20.3. The summed E-state index contributed by atoms with van der Waals surface area (Å²) in [5.74, 6) is -2.36. The van der Waals surface area contributed by atoms with Crippen molar-refractivity contribution in [2.24, 2.45) is 0 Å². The standard InChI is InChI=1S/C21H18O7/c1-21(2)27-19(23)17(20(24)28-21)12-13-4-8-16(9-5-13)26-18(22)14-6-10-15(25-3)11-7-14/h4-12H,1-3H3. The lowest BCUT2D eigenvalue weighted by Crippen LogP contribution is -2.41. The lowest BCUT2D eigenvalue weighted by Gasteiger charge is -2.29. The summed E-state index contributed by atoms with van der Waals surface area (Å²) < 4.78 is 20.4. The normalized spacial score (nSPS) is 15.3. The third-order valence-electron chi connectivity index (χ3n) is 3.84. The third-order valence-corrected chi connectivity index (χ3v) is 3.84. The number of methoxy groups -OCH3 is 1. The Balaban J connectivity index is 1.70. The molecule has 0 bridgehead atoms. The van der Waals surface area contributed by atoms with Crippen molar-refractivity contribution in [3.63, 3.8) is 0 Å². The summed E-state index contributed by atoms with van der Waals surface area (Å²) in [6.45, 7) is 2.96. The first kappa shape index (κ1) is 19.2. The lowest BCUT2D eigenvalue weighted by atomic mass is 10.1. The van der Waals surface area contributed by atoms with Crippen LogP contribution >= 0.6 is 0 Å². The minimum atomic E-state index is -1.29. The van der Waals surface area contributed by atoms with Crippen molar-refractivity contribution in [3.8, 4) is 11.5 Å². The predicted octanol–water partition coefficient (Wildman–Crippen LogP) is 3.13. The third kappa shape index (κ3) is 4.37. The maximum Gasteiger partial charge on any atom is 0.348 e. The highest BCUT2D eigenvalue weighted by Crippen LogP contribution is 2.25. The second-order valence-electron chi connectivity index (χ2n) is 6.42. The molecule has 0 aliphatic carbocycles. The summed E-state index contributed by atoms with van der Waals surface area (Å²) in [5.41, 5.74) is 0.720. The number of esters is 3. The summed E-state index contributed by atoms with van der Waals surface area (Å²) in [5, 5.41) is 0. The van der Waals surface area contributed by atoms with Crippen LogP contribution < -0.4 is 9.47 Å². The highest BCUT2D eigenvalue weighted by molar-refractivity contribution is 6.18. The maximum absolute atomic E-state index is 12.2. The van der Waals surface area contributed by atoms with Gasteiger partial charge in [-0.3, -0.25) is 0 Å². The topological polar surface area (TPSA) is 88.1 Å². The van der Waals surface area contributed by atoms with Gasteiger partial charge in [0.05, 0.1) is 12.7 Å². The summed E-state index contributed by atoms with van der Waals surface area (Å²) in [6.07, 6.45) is 1.36. The van der Waals surface area contributed by atoms with Crippen molar-refractivity contribution in [1.29, 1.82) is 0 Å². The number of benzene rings is 2. The van der Waals surface area contributed by atoms with Gasteiger partial charge in [0, 0.05) is 13.8 Å². The first-order valence-electron chi connectivity index (χ1n) is 8.42. The van der Waals surface area contributed by atoms with Crippen molar-refractivity contribution in [3.05, 3.63) is 65.2 Å². The molecule has 7 heteroatoms. The van der Waals surface area contributed by atoms with E-state index in [2.05, 4.69) is 0 Å². The fourth-order valence-corrected chi connectivity index (χ4v) is 2.47. The molecular formula is C21H18O7. The zero-order valence-electron chi connectivity index (χ0n) is 15.6. The van der Waals surface area contributed by atoms with Crippen LogP contribution in [0.5, 0.6) is 11.5 Å². The van der Waals surface area contributed by atoms with Gasteiger partial charge in [0.25, 0.3) is 5.79 Å². The van der Waals surface area contributed by atoms with E-state index in [9.17, 15) is 14.4 Å². The Hall–Kier alpha value is -3.61. The Morgan fingerprint density at radius 3 is 1.96 bits per heavy atom. The molecule has 0 radical (unpaired) electrons. The SMILES string of the molecule is COc1ccc(C(=O)Oc2ccc(C=C3C(=O)OC(C)(C)OC3=O)cc2)cc1. The number of rotatable bonds is 4. The summed E-state index contributed by atoms with van der Waals surface area (Å²) in [7, 11) is 1.54. The van der Waals surface area contributed by atoms with Gasteiger partial charge in [-0.15, -0.1) is 0 Å². The molecule has 2 aromatic carbocycles. The molecule has 3 rings (SSSR count). The van der Waals surface area contributed by atoms with Crippen LogP contribution in [0.15, 0.2) is 54.1 Å². The molecule has 28 heavy (non-hydrogen) atoms. The Morgan fingerprint density at radius 1 is 0.893 bits per heavy atom. The Kier molecular flexibility index (Phi) is 5.17. The smallest absolute Gasteiger partial charge is 0.348 e. The lowest BCUT2D eigenvalue weighted by molar-refractivity contribution is -0.222. The molecule has 0 amide bonds. The summed E-state index contributed by atoms with van der Waals surface area (Å²) in [6, 6.07) is 12.8. The number of ether oxygens (including phenoxy) is 4. The predicted molar refractivity (Wildman–Crippen MR) is 98.6 cm³/mol. The van der Waals surface area contributed by atoms with Crippen LogP contribution in [0.1, 0.15) is 29.8 Å². The van der Waals surface area contributed by atoms with Crippen LogP contribution in [0, 0.1) is 0 Å². The minimum Gasteiger partial charge on any atom is -0.497 e. The highest BCUT2D eigenvalue weighted by Gasteiger charge is 2.38. The first-order valence-corrected chi connectivity index (χ1v) is 8.42. The van der Waals surface area contributed by atoms with Crippen LogP contribution in [-0.2, 0) is 19.1 Å². The van der Waals surface area contributed by atoms with Crippen LogP contribution in [0.2, 0.25) is 0 Å². The molecule has 0 unspecified atom stereocenters. The van der Waals surface area contributed by atoms with Gasteiger partial charge in [0.2, 0.25) is 0 Å². The monoisotopic (exact) mass is 382 g/mol. The molecule has 1 aliphatic heterocycles. The van der Waals surface area contributed by atoms with Crippen LogP contribution in [-0.4, -0.2) is 30.8 Å². The maximum atomic E-state index is 12.2. The fraction of sp³-hybridized carbons (Fsp3) is 0.190. The number of carbonyl (C=O) groups is 3. The van der Waals surface area contributed by atoms with E-state index in [0.29, 0.717) is 22.6 Å². The number of hydrogen-bond acceptors (Lipinski definition) is 7. The van der Waals surface area contributed by atoms with Crippen LogP contribution in [0.25, 0.3) is 6.08 Å². The van der Waals surface area contributed by atoms with E-state index in [1.807, 2.05) is 0 Å². The quantitative estimate of drug-likeness (QED) is 0.347. The van der Waals surface area contributed by atoms with Gasteiger partial charge in [0.15, 0.2) is 0 Å². The van der Waals surface area contributed by atoms with Crippen molar-refractivity contribution < 1.29 is 33.3 Å². The minimum absolute atomic E-state index is 0.206. The van der Waals surface area contributed by atoms with Crippen LogP contribution in [0.3, 0.4) is 0 Å². The Morgan fingerprint density at radius 2 is 1.43 bits per heavy atom. The average Bonchev–Trinajstić information content (AvgIpc) is 2.65. The van der Waals surface area contributed by atoms with E-state index in [0.717, 1.165) is 0 Å². The van der Waals surface area contributed by atoms with Gasteiger partial charge in [0.1, 0.15) is 17.1 Å². The zero-order valence-corrected chi connectivity index (χ0v) is 15.6. The highest BCUT2D eigenvalue weighted by atomic mass is 16.7. The van der Waals surface area contributed by atoms with Crippen LogP contribution in [0.4, 0.5) is 0 Å². The molecule has 0 saturated carbocycles. The number of hydrogen-bond donors (Lipinski definition) is 0. The van der Waals surface area contributed by atoms with E-state index in [1.54, 1.807) is 48.5 Å². The van der Waals surface area contributed by atoms with Gasteiger partial charge in [-0.2, -0.15) is 0 Å². The molecule has 0 N–H and O–H groups in total. The van der Waals surface area contributed by atoms with Gasteiger partial charge in [-0.05, 0) is 48.0 Å². The molecule has 1 aliphatic rings. The fourth-order valence-electron chi connectivity index (χ4n) is 2.47.